The van der Waals surface area contributed by atoms with Gasteiger partial charge in [-0.15, -0.1) is 0 Å². The number of rotatable bonds is 2. The highest BCUT2D eigenvalue weighted by Gasteiger charge is 2.27. The number of hydrogen-bond donors (Lipinski definition) is 0. The van der Waals surface area contributed by atoms with Crippen molar-refractivity contribution in [2.75, 3.05) is 18.8 Å². The highest BCUT2D eigenvalue weighted by Crippen LogP contribution is 2.25. The lowest BCUT2D eigenvalue weighted by molar-refractivity contribution is 0.0750. The average Bonchev–Trinajstić information content (AvgIpc) is 2.39. The van der Waals surface area contributed by atoms with Crippen molar-refractivity contribution in [1.29, 1.82) is 0 Å². The second kappa shape index (κ2) is 5.93. The van der Waals surface area contributed by atoms with Crippen LogP contribution in [0.5, 0.6) is 0 Å². The molecule has 1 saturated heterocycles. The molecule has 0 saturated carbocycles. The monoisotopic (exact) mass is 284 g/mol. The number of nitrogens with zero attached hydrogens (tertiary/aromatic N) is 2. The lowest BCUT2D eigenvalue weighted by Crippen LogP contribution is -2.43. The van der Waals surface area contributed by atoms with Gasteiger partial charge in [-0.3, -0.25) is 4.79 Å². The zero-order chi connectivity index (χ0) is 13.1. The molecule has 2 heterocycles. The number of thioether (sulfide) groups is 1. The van der Waals surface area contributed by atoms with E-state index in [0.29, 0.717) is 21.9 Å². The lowest BCUT2D eigenvalue weighted by atomic mass is 10.1. The highest BCUT2D eigenvalue weighted by atomic mass is 35.5. The normalized spacial score (nSPS) is 20.2. The Hall–Kier alpha value is -0.740. The van der Waals surface area contributed by atoms with Gasteiger partial charge in [-0.25, -0.2) is 4.98 Å². The molecule has 0 spiro atoms. The first-order valence-corrected chi connectivity index (χ1v) is 7.53. The quantitative estimate of drug-likeness (QED) is 0.837. The average molecular weight is 285 g/mol. The van der Waals surface area contributed by atoms with Crippen molar-refractivity contribution in [3.63, 3.8) is 0 Å². The van der Waals surface area contributed by atoms with Crippen LogP contribution in [0.2, 0.25) is 5.02 Å². The van der Waals surface area contributed by atoms with Gasteiger partial charge in [0.15, 0.2) is 0 Å². The summed E-state index contributed by atoms with van der Waals surface area (Å²) >= 11 is 7.73. The molecule has 1 atom stereocenters. The Balaban J connectivity index is 2.06. The van der Waals surface area contributed by atoms with Crippen LogP contribution in [0.3, 0.4) is 0 Å². The number of pyridine rings is 1. The fourth-order valence-electron chi connectivity index (χ4n) is 1.93. The molecule has 1 aromatic rings. The van der Waals surface area contributed by atoms with Crippen LogP contribution in [0.1, 0.15) is 24.3 Å². The van der Waals surface area contributed by atoms with Crippen molar-refractivity contribution >= 4 is 29.3 Å². The second-order valence-corrected chi connectivity index (χ2v) is 6.55. The Morgan fingerprint density at radius 3 is 2.94 bits per heavy atom. The van der Waals surface area contributed by atoms with Crippen LogP contribution >= 0.6 is 23.4 Å². The van der Waals surface area contributed by atoms with Crippen LogP contribution in [0.4, 0.5) is 0 Å². The van der Waals surface area contributed by atoms with E-state index in [4.69, 9.17) is 11.6 Å². The second-order valence-electron chi connectivity index (χ2n) is 4.77. The van der Waals surface area contributed by atoms with Gasteiger partial charge in [0.25, 0.3) is 5.91 Å². The van der Waals surface area contributed by atoms with Gasteiger partial charge in [0.1, 0.15) is 5.69 Å². The third-order valence-electron chi connectivity index (χ3n) is 3.07. The lowest BCUT2D eigenvalue weighted by Gasteiger charge is -2.34. The van der Waals surface area contributed by atoms with Crippen LogP contribution in [0.25, 0.3) is 0 Å². The molecule has 1 aliphatic rings. The number of hydrogen-bond acceptors (Lipinski definition) is 3. The van der Waals surface area contributed by atoms with Crippen molar-refractivity contribution in [1.82, 2.24) is 9.88 Å². The Labute approximate surface area is 117 Å². The third kappa shape index (κ3) is 3.18. The minimum absolute atomic E-state index is 0.0117. The molecule has 18 heavy (non-hydrogen) atoms. The van der Waals surface area contributed by atoms with Crippen molar-refractivity contribution in [3.8, 4) is 0 Å². The number of halogens is 1. The molecule has 0 bridgehead atoms. The maximum Gasteiger partial charge on any atom is 0.272 e. The van der Waals surface area contributed by atoms with Gasteiger partial charge >= 0.3 is 0 Å². The van der Waals surface area contributed by atoms with Crippen molar-refractivity contribution in [2.45, 2.75) is 19.1 Å². The molecule has 1 aliphatic heterocycles. The predicted molar refractivity (Wildman–Crippen MR) is 76.2 cm³/mol. The molecular weight excluding hydrogens is 268 g/mol. The molecule has 1 amide bonds. The summed E-state index contributed by atoms with van der Waals surface area (Å²) in [5.74, 6) is 1.60. The molecule has 98 valence electrons. The van der Waals surface area contributed by atoms with Gasteiger partial charge in [-0.1, -0.05) is 25.4 Å². The Morgan fingerprint density at radius 2 is 2.33 bits per heavy atom. The number of amides is 1. The van der Waals surface area contributed by atoms with E-state index in [2.05, 4.69) is 18.8 Å². The Bertz CT molecular complexity index is 422. The maximum absolute atomic E-state index is 12.3. The molecule has 1 fully saturated rings. The molecule has 3 nitrogen and oxygen atoms in total. The van der Waals surface area contributed by atoms with Crippen molar-refractivity contribution in [2.24, 2.45) is 5.92 Å². The van der Waals surface area contributed by atoms with E-state index in [1.165, 1.54) is 6.20 Å². The van der Waals surface area contributed by atoms with E-state index in [9.17, 15) is 4.79 Å². The molecule has 0 aliphatic carbocycles. The van der Waals surface area contributed by atoms with E-state index in [1.807, 2.05) is 16.7 Å². The predicted octanol–water partition coefficient (Wildman–Crippen LogP) is 2.95. The van der Waals surface area contributed by atoms with Crippen LogP contribution in [-0.4, -0.2) is 39.9 Å². The summed E-state index contributed by atoms with van der Waals surface area (Å²) in [5, 5.41) is 1.08. The van der Waals surface area contributed by atoms with E-state index in [-0.39, 0.29) is 5.91 Å². The molecule has 0 N–H and O–H groups in total. The van der Waals surface area contributed by atoms with Gasteiger partial charge in [0.2, 0.25) is 0 Å². The first kappa shape index (κ1) is 13.7. The standard InChI is InChI=1S/C13H17ClN2OS/c1-9(2)12-8-16(5-6-18-12)13(17)11-4-3-10(14)7-15-11/h3-4,7,9,12H,5-6,8H2,1-2H3. The Morgan fingerprint density at radius 1 is 1.56 bits per heavy atom. The van der Waals surface area contributed by atoms with Crippen LogP contribution in [0.15, 0.2) is 18.3 Å². The van der Waals surface area contributed by atoms with Gasteiger partial charge in [0.05, 0.1) is 5.02 Å². The fraction of sp³-hybridized carbons (Fsp3) is 0.538. The van der Waals surface area contributed by atoms with Gasteiger partial charge in [-0.05, 0) is 18.1 Å². The van der Waals surface area contributed by atoms with Crippen LogP contribution < -0.4 is 0 Å². The largest absolute Gasteiger partial charge is 0.335 e. The van der Waals surface area contributed by atoms with E-state index in [1.54, 1.807) is 12.1 Å². The summed E-state index contributed by atoms with van der Waals surface area (Å²) in [6.07, 6.45) is 1.52. The first-order chi connectivity index (χ1) is 8.58. The summed E-state index contributed by atoms with van der Waals surface area (Å²) < 4.78 is 0. The first-order valence-electron chi connectivity index (χ1n) is 6.10. The minimum atomic E-state index is 0.0117. The number of aromatic nitrogens is 1. The van der Waals surface area contributed by atoms with Gasteiger partial charge in [0, 0.05) is 30.3 Å². The summed E-state index contributed by atoms with van der Waals surface area (Å²) in [6, 6.07) is 3.40. The van der Waals surface area contributed by atoms with Gasteiger partial charge in [-0.2, -0.15) is 11.8 Å². The molecule has 5 heteroatoms. The van der Waals surface area contributed by atoms with Crippen molar-refractivity contribution in [3.05, 3.63) is 29.0 Å². The minimum Gasteiger partial charge on any atom is -0.335 e. The fourth-order valence-corrected chi connectivity index (χ4v) is 3.34. The van der Waals surface area contributed by atoms with E-state index < -0.39 is 0 Å². The van der Waals surface area contributed by atoms with Crippen LogP contribution in [-0.2, 0) is 0 Å². The van der Waals surface area contributed by atoms with E-state index in [0.717, 1.165) is 18.8 Å². The van der Waals surface area contributed by atoms with Crippen molar-refractivity contribution < 1.29 is 4.79 Å². The van der Waals surface area contributed by atoms with Gasteiger partial charge < -0.3 is 4.90 Å². The molecule has 0 aromatic carbocycles. The smallest absolute Gasteiger partial charge is 0.272 e. The number of carbonyl (C=O) groups excluding carboxylic acids is 1. The molecule has 0 radical (unpaired) electrons. The third-order valence-corrected chi connectivity index (χ3v) is 4.83. The van der Waals surface area contributed by atoms with E-state index >= 15 is 0 Å². The highest BCUT2D eigenvalue weighted by molar-refractivity contribution is 8.00. The number of carbonyl (C=O) groups is 1. The molecule has 1 aromatic heterocycles. The molecule has 2 rings (SSSR count). The zero-order valence-electron chi connectivity index (χ0n) is 10.6. The SMILES string of the molecule is CC(C)C1CN(C(=O)c2ccc(Cl)cn2)CCS1. The zero-order valence-corrected chi connectivity index (χ0v) is 12.2. The summed E-state index contributed by atoms with van der Waals surface area (Å²) in [7, 11) is 0. The summed E-state index contributed by atoms with van der Waals surface area (Å²) in [5.41, 5.74) is 0.480. The topological polar surface area (TPSA) is 33.2 Å². The summed E-state index contributed by atoms with van der Waals surface area (Å²) in [4.78, 5) is 18.3. The molecular formula is C13H17ClN2OS. The Kier molecular flexibility index (Phi) is 4.51. The maximum atomic E-state index is 12.3. The molecule has 1 unspecified atom stereocenters. The van der Waals surface area contributed by atoms with Crippen LogP contribution in [0, 0.1) is 5.92 Å². The summed E-state index contributed by atoms with van der Waals surface area (Å²) in [6.45, 7) is 6.01.